The normalized spacial score (nSPS) is 11.3. The van der Waals surface area contributed by atoms with Gasteiger partial charge >= 0.3 is 0 Å². The van der Waals surface area contributed by atoms with Crippen LogP contribution in [0, 0.1) is 0 Å². The number of ether oxygens (including phenoxy) is 2. The molecule has 0 aliphatic carbocycles. The third kappa shape index (κ3) is 6.08. The zero-order valence-corrected chi connectivity index (χ0v) is 24.7. The third-order valence-electron chi connectivity index (χ3n) is 5.83. The smallest absolute Gasteiger partial charge is 0.282 e. The highest BCUT2D eigenvalue weighted by atomic mass is 79.9. The van der Waals surface area contributed by atoms with Gasteiger partial charge in [-0.05, 0) is 48.9 Å². The molecule has 5 rings (SSSR count). The summed E-state index contributed by atoms with van der Waals surface area (Å²) in [6.07, 6.45) is 1.56. The van der Waals surface area contributed by atoms with Crippen molar-refractivity contribution in [2.75, 3.05) is 6.61 Å². The lowest BCUT2D eigenvalue weighted by atomic mass is 10.2. The molecule has 0 aliphatic heterocycles. The fourth-order valence-electron chi connectivity index (χ4n) is 3.98. The van der Waals surface area contributed by atoms with Crippen molar-refractivity contribution in [2.24, 2.45) is 5.10 Å². The minimum absolute atomic E-state index is 0.271. The molecule has 0 radical (unpaired) electrons. The van der Waals surface area contributed by atoms with Crippen molar-refractivity contribution in [1.82, 2.24) is 9.66 Å². The van der Waals surface area contributed by atoms with Crippen molar-refractivity contribution in [2.45, 2.75) is 13.5 Å². The topological polar surface area (TPSA) is 65.7 Å². The van der Waals surface area contributed by atoms with Crippen LogP contribution in [-0.4, -0.2) is 22.5 Å². The molecule has 5 aromatic rings. The van der Waals surface area contributed by atoms with Crippen molar-refractivity contribution in [1.29, 1.82) is 0 Å². The molecule has 0 amide bonds. The molecule has 9 heteroatoms. The van der Waals surface area contributed by atoms with E-state index in [1.807, 2.05) is 67.6 Å². The lowest BCUT2D eigenvalue weighted by Gasteiger charge is -2.15. The van der Waals surface area contributed by atoms with E-state index in [4.69, 9.17) is 26.1 Å². The fourth-order valence-corrected chi connectivity index (χ4v) is 5.42. The maximum atomic E-state index is 13.4. The number of hydrogen-bond acceptors (Lipinski definition) is 5. The van der Waals surface area contributed by atoms with Crippen LogP contribution >= 0.6 is 43.5 Å². The number of fused-ring (bicyclic) bond motifs is 1. The van der Waals surface area contributed by atoms with Crippen LogP contribution in [0.1, 0.15) is 18.1 Å². The van der Waals surface area contributed by atoms with E-state index < -0.39 is 0 Å². The third-order valence-corrected chi connectivity index (χ3v) is 7.34. The summed E-state index contributed by atoms with van der Waals surface area (Å²) >= 11 is 13.7. The van der Waals surface area contributed by atoms with E-state index >= 15 is 0 Å². The Labute approximate surface area is 247 Å². The fraction of sp³-hybridized carbons (Fsp3) is 0.100. The standard InChI is InChI=1S/C30H22Br2ClN3O3/c1-2-38-27-15-19(14-25(33)28(27)39-18-21-12-13-22(31)16-24(21)32)17-34-36-29(20-8-4-3-5-9-20)35-26-11-7-6-10-23(26)30(36)37/h3-17H,2,18H2,1H3. The Morgan fingerprint density at radius 3 is 2.51 bits per heavy atom. The molecule has 6 nitrogen and oxygen atoms in total. The molecule has 0 atom stereocenters. The predicted molar refractivity (Wildman–Crippen MR) is 163 cm³/mol. The number of benzene rings is 4. The second-order valence-corrected chi connectivity index (χ2v) is 10.6. The molecule has 196 valence electrons. The zero-order valence-electron chi connectivity index (χ0n) is 20.8. The summed E-state index contributed by atoms with van der Waals surface area (Å²) in [5, 5.41) is 5.38. The van der Waals surface area contributed by atoms with E-state index in [2.05, 4.69) is 37.0 Å². The molecule has 1 heterocycles. The highest BCUT2D eigenvalue weighted by Crippen LogP contribution is 2.37. The van der Waals surface area contributed by atoms with Gasteiger partial charge in [0.15, 0.2) is 17.3 Å². The summed E-state index contributed by atoms with van der Waals surface area (Å²) in [5.74, 6) is 1.35. The minimum atomic E-state index is -0.271. The summed E-state index contributed by atoms with van der Waals surface area (Å²) in [5.41, 5.74) is 2.70. The van der Waals surface area contributed by atoms with Crippen molar-refractivity contribution in [3.8, 4) is 22.9 Å². The first kappa shape index (κ1) is 27.1. The van der Waals surface area contributed by atoms with Gasteiger partial charge < -0.3 is 9.47 Å². The number of rotatable bonds is 8. The first-order chi connectivity index (χ1) is 18.9. The van der Waals surface area contributed by atoms with Crippen LogP contribution in [0.5, 0.6) is 11.5 Å². The minimum Gasteiger partial charge on any atom is -0.490 e. The molecule has 0 fully saturated rings. The number of halogens is 3. The van der Waals surface area contributed by atoms with Crippen LogP contribution in [0.3, 0.4) is 0 Å². The molecular formula is C30H22Br2ClN3O3. The Balaban J connectivity index is 1.52. The molecule has 0 spiro atoms. The van der Waals surface area contributed by atoms with E-state index in [1.165, 1.54) is 4.68 Å². The quantitative estimate of drug-likeness (QED) is 0.157. The molecule has 0 N–H and O–H groups in total. The Bertz CT molecular complexity index is 1740. The van der Waals surface area contributed by atoms with E-state index in [0.29, 0.717) is 52.0 Å². The van der Waals surface area contributed by atoms with Gasteiger partial charge in [-0.2, -0.15) is 9.78 Å². The molecular weight excluding hydrogens is 646 g/mol. The summed E-state index contributed by atoms with van der Waals surface area (Å²) < 4.78 is 15.1. The van der Waals surface area contributed by atoms with Gasteiger partial charge in [0, 0.05) is 20.1 Å². The van der Waals surface area contributed by atoms with Crippen LogP contribution < -0.4 is 15.0 Å². The number of nitrogens with zero attached hydrogens (tertiary/aromatic N) is 3. The second kappa shape index (κ2) is 12.2. The van der Waals surface area contributed by atoms with Gasteiger partial charge in [0.25, 0.3) is 5.56 Å². The Morgan fingerprint density at radius 1 is 0.974 bits per heavy atom. The summed E-state index contributed by atoms with van der Waals surface area (Å²) in [6, 6.07) is 26.1. The zero-order chi connectivity index (χ0) is 27.4. The molecule has 0 bridgehead atoms. The van der Waals surface area contributed by atoms with Crippen LogP contribution in [-0.2, 0) is 6.61 Å². The molecule has 0 aliphatic rings. The van der Waals surface area contributed by atoms with E-state index in [9.17, 15) is 4.79 Å². The molecule has 1 aromatic heterocycles. The number of aromatic nitrogens is 2. The van der Waals surface area contributed by atoms with E-state index in [-0.39, 0.29) is 5.56 Å². The molecule has 0 unspecified atom stereocenters. The van der Waals surface area contributed by atoms with Gasteiger partial charge in [-0.15, -0.1) is 0 Å². The van der Waals surface area contributed by atoms with Gasteiger partial charge in [-0.1, -0.05) is 92.0 Å². The van der Waals surface area contributed by atoms with Gasteiger partial charge in [0.2, 0.25) is 0 Å². The summed E-state index contributed by atoms with van der Waals surface area (Å²) in [7, 11) is 0. The summed E-state index contributed by atoms with van der Waals surface area (Å²) in [4.78, 5) is 18.2. The molecule has 0 saturated heterocycles. The average Bonchev–Trinajstić information content (AvgIpc) is 2.93. The lowest BCUT2D eigenvalue weighted by Crippen LogP contribution is -2.20. The Hall–Kier alpha value is -3.46. The highest BCUT2D eigenvalue weighted by molar-refractivity contribution is 9.11. The van der Waals surface area contributed by atoms with E-state index in [0.717, 1.165) is 20.1 Å². The predicted octanol–water partition coefficient (Wildman–Crippen LogP) is 8.10. The first-order valence-corrected chi connectivity index (χ1v) is 14.1. The van der Waals surface area contributed by atoms with Crippen LogP contribution in [0.2, 0.25) is 5.02 Å². The van der Waals surface area contributed by atoms with Crippen LogP contribution in [0.15, 0.2) is 104 Å². The lowest BCUT2D eigenvalue weighted by molar-refractivity contribution is 0.269. The van der Waals surface area contributed by atoms with Gasteiger partial charge in [0.1, 0.15) is 6.61 Å². The van der Waals surface area contributed by atoms with Crippen LogP contribution in [0.4, 0.5) is 0 Å². The number of para-hydroxylation sites is 1. The van der Waals surface area contributed by atoms with Gasteiger partial charge in [0.05, 0.1) is 28.7 Å². The van der Waals surface area contributed by atoms with E-state index in [1.54, 1.807) is 30.5 Å². The SMILES string of the molecule is CCOc1cc(C=Nn2c(-c3ccccc3)nc3ccccc3c2=O)cc(Cl)c1OCc1ccc(Br)cc1Br. The van der Waals surface area contributed by atoms with Gasteiger partial charge in [-0.25, -0.2) is 4.98 Å². The van der Waals surface area contributed by atoms with Crippen molar-refractivity contribution in [3.63, 3.8) is 0 Å². The summed E-state index contributed by atoms with van der Waals surface area (Å²) in [6.45, 7) is 2.59. The first-order valence-electron chi connectivity index (χ1n) is 12.1. The average molecular weight is 668 g/mol. The maximum Gasteiger partial charge on any atom is 0.282 e. The van der Waals surface area contributed by atoms with Crippen molar-refractivity contribution < 1.29 is 9.47 Å². The second-order valence-electron chi connectivity index (χ2n) is 8.47. The maximum absolute atomic E-state index is 13.4. The Morgan fingerprint density at radius 2 is 1.74 bits per heavy atom. The monoisotopic (exact) mass is 665 g/mol. The van der Waals surface area contributed by atoms with Crippen molar-refractivity contribution in [3.05, 3.63) is 120 Å². The molecule has 39 heavy (non-hydrogen) atoms. The molecule has 0 saturated carbocycles. The highest BCUT2D eigenvalue weighted by Gasteiger charge is 2.15. The Kier molecular flexibility index (Phi) is 8.45. The largest absolute Gasteiger partial charge is 0.490 e. The van der Waals surface area contributed by atoms with Crippen LogP contribution in [0.25, 0.3) is 22.3 Å². The van der Waals surface area contributed by atoms with Gasteiger partial charge in [-0.3, -0.25) is 4.79 Å². The van der Waals surface area contributed by atoms with Crippen molar-refractivity contribution >= 4 is 60.6 Å². The molecule has 4 aromatic carbocycles. The number of hydrogen-bond donors (Lipinski definition) is 0.